The standard InChI is InChI=1S/C13H13N5/c1-8-3-4-10-9(7-8)17-13(18(10)2)11-12(14)16-6-5-15-11/h3-7H,1-2H3,(H2,14,16). The maximum Gasteiger partial charge on any atom is 0.163 e. The minimum atomic E-state index is 0.396. The van der Waals surface area contributed by atoms with Crippen LogP contribution < -0.4 is 5.73 Å². The van der Waals surface area contributed by atoms with E-state index < -0.39 is 0 Å². The molecule has 0 radical (unpaired) electrons. The number of nitrogens with two attached hydrogens (primary N) is 1. The van der Waals surface area contributed by atoms with E-state index in [9.17, 15) is 0 Å². The summed E-state index contributed by atoms with van der Waals surface area (Å²) in [5, 5.41) is 0. The maximum atomic E-state index is 5.85. The number of benzene rings is 1. The summed E-state index contributed by atoms with van der Waals surface area (Å²) in [4.78, 5) is 12.9. The summed E-state index contributed by atoms with van der Waals surface area (Å²) >= 11 is 0. The fourth-order valence-electron chi connectivity index (χ4n) is 2.04. The van der Waals surface area contributed by atoms with Gasteiger partial charge < -0.3 is 10.3 Å². The first-order chi connectivity index (χ1) is 8.66. The molecule has 0 spiro atoms. The van der Waals surface area contributed by atoms with Crippen LogP contribution in [0.5, 0.6) is 0 Å². The second-order valence-electron chi connectivity index (χ2n) is 4.28. The lowest BCUT2D eigenvalue weighted by atomic mass is 10.2. The largest absolute Gasteiger partial charge is 0.382 e. The fourth-order valence-corrected chi connectivity index (χ4v) is 2.04. The molecule has 0 fully saturated rings. The number of hydrogen-bond donors (Lipinski definition) is 1. The van der Waals surface area contributed by atoms with Gasteiger partial charge in [0.1, 0.15) is 5.69 Å². The van der Waals surface area contributed by atoms with Crippen LogP contribution >= 0.6 is 0 Å². The normalized spacial score (nSPS) is 11.0. The Morgan fingerprint density at radius 1 is 1.17 bits per heavy atom. The van der Waals surface area contributed by atoms with E-state index in [1.165, 1.54) is 5.56 Å². The van der Waals surface area contributed by atoms with Crippen LogP contribution in [0.3, 0.4) is 0 Å². The van der Waals surface area contributed by atoms with Crippen molar-refractivity contribution < 1.29 is 0 Å². The smallest absolute Gasteiger partial charge is 0.163 e. The Labute approximate surface area is 104 Å². The molecule has 0 unspecified atom stereocenters. The first kappa shape index (κ1) is 10.7. The van der Waals surface area contributed by atoms with Crippen LogP contribution in [0.1, 0.15) is 5.56 Å². The molecule has 0 aliphatic heterocycles. The van der Waals surface area contributed by atoms with E-state index >= 15 is 0 Å². The second-order valence-corrected chi connectivity index (χ2v) is 4.28. The summed E-state index contributed by atoms with van der Waals surface area (Å²) in [7, 11) is 1.95. The highest BCUT2D eigenvalue weighted by atomic mass is 15.1. The Hall–Kier alpha value is -2.43. The summed E-state index contributed by atoms with van der Waals surface area (Å²) in [6.45, 7) is 2.05. The predicted molar refractivity (Wildman–Crippen MR) is 70.9 cm³/mol. The Balaban J connectivity index is 2.31. The molecular formula is C13H13N5. The average Bonchev–Trinajstić information content (AvgIpc) is 2.67. The van der Waals surface area contributed by atoms with Crippen molar-refractivity contribution in [1.82, 2.24) is 19.5 Å². The number of fused-ring (bicyclic) bond motifs is 1. The molecule has 18 heavy (non-hydrogen) atoms. The lowest BCUT2D eigenvalue weighted by Gasteiger charge is -2.03. The molecule has 0 saturated heterocycles. The van der Waals surface area contributed by atoms with Gasteiger partial charge in [-0.1, -0.05) is 6.07 Å². The quantitative estimate of drug-likeness (QED) is 0.704. The molecule has 0 amide bonds. The van der Waals surface area contributed by atoms with Gasteiger partial charge in [0.25, 0.3) is 0 Å². The van der Waals surface area contributed by atoms with Crippen molar-refractivity contribution in [2.24, 2.45) is 7.05 Å². The summed E-state index contributed by atoms with van der Waals surface area (Å²) in [6.07, 6.45) is 3.20. The number of nitrogen functional groups attached to an aromatic ring is 1. The molecule has 0 atom stereocenters. The Kier molecular flexibility index (Phi) is 2.26. The van der Waals surface area contributed by atoms with E-state index in [0.29, 0.717) is 11.5 Å². The monoisotopic (exact) mass is 239 g/mol. The van der Waals surface area contributed by atoms with Crippen LogP contribution in [-0.2, 0) is 7.05 Å². The molecule has 0 bridgehead atoms. The third-order valence-corrected chi connectivity index (χ3v) is 2.97. The first-order valence-electron chi connectivity index (χ1n) is 5.67. The van der Waals surface area contributed by atoms with Crippen molar-refractivity contribution in [3.63, 3.8) is 0 Å². The van der Waals surface area contributed by atoms with Crippen LogP contribution in [0.25, 0.3) is 22.6 Å². The third kappa shape index (κ3) is 1.52. The zero-order valence-electron chi connectivity index (χ0n) is 10.3. The predicted octanol–water partition coefficient (Wildman–Crippen LogP) is 1.92. The van der Waals surface area contributed by atoms with Gasteiger partial charge in [-0.05, 0) is 24.6 Å². The lowest BCUT2D eigenvalue weighted by Crippen LogP contribution is -2.00. The highest BCUT2D eigenvalue weighted by molar-refractivity contribution is 5.82. The summed E-state index contributed by atoms with van der Waals surface area (Å²) in [6, 6.07) is 6.16. The molecule has 90 valence electrons. The van der Waals surface area contributed by atoms with Gasteiger partial charge in [0.15, 0.2) is 11.6 Å². The number of rotatable bonds is 1. The molecule has 3 aromatic rings. The summed E-state index contributed by atoms with van der Waals surface area (Å²) in [5.74, 6) is 1.13. The van der Waals surface area contributed by atoms with Crippen LogP contribution in [0, 0.1) is 6.92 Å². The van der Waals surface area contributed by atoms with E-state index in [2.05, 4.69) is 21.0 Å². The minimum absolute atomic E-state index is 0.396. The average molecular weight is 239 g/mol. The molecule has 0 saturated carbocycles. The van der Waals surface area contributed by atoms with Gasteiger partial charge in [-0.15, -0.1) is 0 Å². The van der Waals surface area contributed by atoms with Crippen molar-refractivity contribution in [3.8, 4) is 11.5 Å². The first-order valence-corrected chi connectivity index (χ1v) is 5.67. The van der Waals surface area contributed by atoms with Crippen molar-refractivity contribution in [3.05, 3.63) is 36.2 Å². The van der Waals surface area contributed by atoms with Gasteiger partial charge in [0.05, 0.1) is 11.0 Å². The molecule has 0 aliphatic rings. The van der Waals surface area contributed by atoms with E-state index in [0.717, 1.165) is 16.9 Å². The number of anilines is 1. The summed E-state index contributed by atoms with van der Waals surface area (Å²) in [5.41, 5.74) is 9.64. The van der Waals surface area contributed by atoms with Gasteiger partial charge >= 0.3 is 0 Å². The van der Waals surface area contributed by atoms with E-state index in [4.69, 9.17) is 5.73 Å². The van der Waals surface area contributed by atoms with E-state index in [1.807, 2.05) is 30.7 Å². The number of imidazole rings is 1. The highest BCUT2D eigenvalue weighted by Crippen LogP contribution is 2.25. The van der Waals surface area contributed by atoms with Crippen molar-refractivity contribution >= 4 is 16.9 Å². The second kappa shape index (κ2) is 3.80. The SMILES string of the molecule is Cc1ccc2c(c1)nc(-c1nccnc1N)n2C. The van der Waals surface area contributed by atoms with Crippen molar-refractivity contribution in [1.29, 1.82) is 0 Å². The fraction of sp³-hybridized carbons (Fsp3) is 0.154. The Morgan fingerprint density at radius 2 is 1.94 bits per heavy atom. The molecular weight excluding hydrogens is 226 g/mol. The van der Waals surface area contributed by atoms with Gasteiger partial charge in [-0.2, -0.15) is 0 Å². The van der Waals surface area contributed by atoms with Crippen LogP contribution in [0.15, 0.2) is 30.6 Å². The van der Waals surface area contributed by atoms with Crippen LogP contribution in [-0.4, -0.2) is 19.5 Å². The zero-order chi connectivity index (χ0) is 12.7. The van der Waals surface area contributed by atoms with E-state index in [-0.39, 0.29) is 0 Å². The number of hydrogen-bond acceptors (Lipinski definition) is 4. The number of aromatic nitrogens is 4. The number of nitrogens with zero attached hydrogens (tertiary/aromatic N) is 4. The third-order valence-electron chi connectivity index (χ3n) is 2.97. The Morgan fingerprint density at radius 3 is 2.72 bits per heavy atom. The molecule has 2 aromatic heterocycles. The maximum absolute atomic E-state index is 5.85. The van der Waals surface area contributed by atoms with Crippen LogP contribution in [0.4, 0.5) is 5.82 Å². The van der Waals surface area contributed by atoms with Crippen molar-refractivity contribution in [2.75, 3.05) is 5.73 Å². The molecule has 1 aromatic carbocycles. The summed E-state index contributed by atoms with van der Waals surface area (Å²) < 4.78 is 1.98. The molecule has 2 heterocycles. The van der Waals surface area contributed by atoms with Crippen molar-refractivity contribution in [2.45, 2.75) is 6.92 Å². The molecule has 5 heteroatoms. The minimum Gasteiger partial charge on any atom is -0.382 e. The molecule has 0 aliphatic carbocycles. The lowest BCUT2D eigenvalue weighted by molar-refractivity contribution is 0.948. The zero-order valence-corrected chi connectivity index (χ0v) is 10.3. The molecule has 3 rings (SSSR count). The van der Waals surface area contributed by atoms with Crippen LogP contribution in [0.2, 0.25) is 0 Å². The van der Waals surface area contributed by atoms with Gasteiger partial charge in [-0.25, -0.2) is 15.0 Å². The van der Waals surface area contributed by atoms with Gasteiger partial charge in [-0.3, -0.25) is 0 Å². The van der Waals surface area contributed by atoms with E-state index in [1.54, 1.807) is 12.4 Å². The number of aryl methyl sites for hydroxylation is 2. The topological polar surface area (TPSA) is 69.6 Å². The Bertz CT molecular complexity index is 729. The van der Waals surface area contributed by atoms with Gasteiger partial charge in [0.2, 0.25) is 0 Å². The molecule has 2 N–H and O–H groups in total. The highest BCUT2D eigenvalue weighted by Gasteiger charge is 2.13. The molecule has 5 nitrogen and oxygen atoms in total. The van der Waals surface area contributed by atoms with Gasteiger partial charge in [0, 0.05) is 19.4 Å².